The number of carbonyl (C=O) groups excluding carboxylic acids is 2. The topological polar surface area (TPSA) is 66.8 Å². The van der Waals surface area contributed by atoms with Gasteiger partial charge in [-0.05, 0) is 24.6 Å². The highest BCUT2D eigenvalue weighted by Gasteiger charge is 2.29. The van der Waals surface area contributed by atoms with Crippen molar-refractivity contribution in [2.45, 2.75) is 19.8 Å². The summed E-state index contributed by atoms with van der Waals surface area (Å²) in [5.41, 5.74) is 0.410. The third-order valence-corrected chi connectivity index (χ3v) is 3.73. The molecule has 2 rings (SSSR count). The summed E-state index contributed by atoms with van der Waals surface area (Å²) in [6, 6.07) is 4.59. The van der Waals surface area contributed by atoms with Crippen LogP contribution in [0.15, 0.2) is 18.2 Å². The van der Waals surface area contributed by atoms with Gasteiger partial charge in [0.2, 0.25) is 0 Å². The van der Waals surface area contributed by atoms with Gasteiger partial charge in [0.25, 0.3) is 5.91 Å². The first kappa shape index (κ1) is 14.4. The number of amides is 1. The molecule has 1 fully saturated rings. The molecule has 1 atom stereocenters. The number of nitrogens with zero attached hydrogens (tertiary/aromatic N) is 1. The molecule has 0 spiro atoms. The van der Waals surface area contributed by atoms with Gasteiger partial charge in [-0.1, -0.05) is 6.92 Å². The predicted octanol–water partition coefficient (Wildman–Crippen LogP) is 1.84. The number of hydrogen-bond acceptors (Lipinski definition) is 4. The van der Waals surface area contributed by atoms with E-state index in [0.29, 0.717) is 30.8 Å². The second-order valence-electron chi connectivity index (χ2n) is 4.96. The zero-order chi connectivity index (χ0) is 14.7. The van der Waals surface area contributed by atoms with E-state index in [4.69, 9.17) is 4.74 Å². The number of piperidine rings is 1. The van der Waals surface area contributed by atoms with Crippen LogP contribution in [0.2, 0.25) is 0 Å². The Bertz CT molecular complexity index is 527. The number of phenolic OH excluding ortho intramolecular Hbond substituents is 1. The quantitative estimate of drug-likeness (QED) is 0.915. The first-order valence-corrected chi connectivity index (χ1v) is 6.75. The lowest BCUT2D eigenvalue weighted by Crippen LogP contribution is -2.43. The lowest BCUT2D eigenvalue weighted by Gasteiger charge is -2.31. The molecule has 1 aromatic rings. The average molecular weight is 277 g/mol. The van der Waals surface area contributed by atoms with Crippen molar-refractivity contribution in [2.75, 3.05) is 20.2 Å². The van der Waals surface area contributed by atoms with Crippen molar-refractivity contribution in [2.24, 2.45) is 5.92 Å². The van der Waals surface area contributed by atoms with E-state index in [1.807, 2.05) is 6.92 Å². The van der Waals surface area contributed by atoms with Crippen molar-refractivity contribution in [1.29, 1.82) is 0 Å². The van der Waals surface area contributed by atoms with Crippen molar-refractivity contribution >= 4 is 11.7 Å². The number of likely N-dealkylation sites (tertiary alicyclic amines) is 1. The van der Waals surface area contributed by atoms with Crippen LogP contribution in [0.25, 0.3) is 0 Å². The molecule has 0 aromatic heterocycles. The van der Waals surface area contributed by atoms with Gasteiger partial charge in [0.1, 0.15) is 5.78 Å². The van der Waals surface area contributed by atoms with E-state index >= 15 is 0 Å². The number of Topliss-reactive ketones (excluding diaryl/α,β-unsaturated/α-hetero) is 1. The van der Waals surface area contributed by atoms with Crippen LogP contribution in [0.1, 0.15) is 30.1 Å². The zero-order valence-electron chi connectivity index (χ0n) is 11.8. The Hall–Kier alpha value is -2.04. The molecule has 108 valence electrons. The minimum Gasteiger partial charge on any atom is -0.504 e. The second-order valence-corrected chi connectivity index (χ2v) is 4.96. The first-order valence-electron chi connectivity index (χ1n) is 6.75. The summed E-state index contributed by atoms with van der Waals surface area (Å²) in [7, 11) is 1.46. The minimum absolute atomic E-state index is 0.0570. The maximum absolute atomic E-state index is 12.4. The van der Waals surface area contributed by atoms with Gasteiger partial charge in [0, 0.05) is 31.0 Å². The van der Waals surface area contributed by atoms with Gasteiger partial charge >= 0.3 is 0 Å². The third kappa shape index (κ3) is 2.76. The molecule has 1 N–H and O–H groups in total. The van der Waals surface area contributed by atoms with Crippen molar-refractivity contribution < 1.29 is 19.4 Å². The summed E-state index contributed by atoms with van der Waals surface area (Å²) < 4.78 is 4.95. The highest BCUT2D eigenvalue weighted by atomic mass is 16.5. The van der Waals surface area contributed by atoms with Crippen molar-refractivity contribution in [3.05, 3.63) is 23.8 Å². The monoisotopic (exact) mass is 277 g/mol. The van der Waals surface area contributed by atoms with Crippen molar-refractivity contribution in [3.8, 4) is 11.5 Å². The molecule has 1 aromatic carbocycles. The maximum Gasteiger partial charge on any atom is 0.254 e. The zero-order valence-corrected chi connectivity index (χ0v) is 11.8. The lowest BCUT2D eigenvalue weighted by atomic mass is 9.93. The number of phenols is 1. The molecule has 1 aliphatic heterocycles. The summed E-state index contributed by atoms with van der Waals surface area (Å²) in [6.45, 7) is 2.86. The molecule has 5 nitrogen and oxygen atoms in total. The number of carbonyl (C=O) groups is 2. The molecule has 1 amide bonds. The number of rotatable bonds is 3. The van der Waals surface area contributed by atoms with Gasteiger partial charge in [0.15, 0.2) is 11.5 Å². The lowest BCUT2D eigenvalue weighted by molar-refractivity contribution is -0.125. The van der Waals surface area contributed by atoms with E-state index in [0.717, 1.165) is 6.42 Å². The highest BCUT2D eigenvalue weighted by Crippen LogP contribution is 2.27. The third-order valence-electron chi connectivity index (χ3n) is 3.73. The van der Waals surface area contributed by atoms with E-state index in [9.17, 15) is 14.7 Å². The Kier molecular flexibility index (Phi) is 4.27. The molecule has 0 aliphatic carbocycles. The van der Waals surface area contributed by atoms with Gasteiger partial charge in [-0.25, -0.2) is 0 Å². The van der Waals surface area contributed by atoms with E-state index in [1.54, 1.807) is 17.0 Å². The second kappa shape index (κ2) is 5.94. The van der Waals surface area contributed by atoms with Crippen LogP contribution in [0, 0.1) is 5.92 Å². The highest BCUT2D eigenvalue weighted by molar-refractivity contribution is 5.96. The molecule has 1 aliphatic rings. The summed E-state index contributed by atoms with van der Waals surface area (Å²) in [5.74, 6) is 0.280. The largest absolute Gasteiger partial charge is 0.504 e. The number of hydrogen-bond donors (Lipinski definition) is 1. The fraction of sp³-hybridized carbons (Fsp3) is 0.467. The van der Waals surface area contributed by atoms with Gasteiger partial charge in [-0.2, -0.15) is 0 Å². The summed E-state index contributed by atoms with van der Waals surface area (Å²) in [5, 5.41) is 9.73. The molecule has 0 bridgehead atoms. The van der Waals surface area contributed by atoms with Crippen LogP contribution < -0.4 is 4.74 Å². The SMILES string of the molecule is CCC1CN(C(=O)c2ccc(OC)c(O)c2)CCC1=O. The molecule has 20 heavy (non-hydrogen) atoms. The maximum atomic E-state index is 12.4. The fourth-order valence-electron chi connectivity index (χ4n) is 2.46. The Morgan fingerprint density at radius 2 is 2.25 bits per heavy atom. The molecule has 0 saturated carbocycles. The molecular weight excluding hydrogens is 258 g/mol. The summed E-state index contributed by atoms with van der Waals surface area (Å²) in [4.78, 5) is 25.7. The molecule has 1 unspecified atom stereocenters. The Labute approximate surface area is 118 Å². The van der Waals surface area contributed by atoms with Crippen LogP contribution in [0.5, 0.6) is 11.5 Å². The molecular formula is C15H19NO4. The van der Waals surface area contributed by atoms with E-state index in [-0.39, 0.29) is 23.4 Å². The Morgan fingerprint density at radius 3 is 2.85 bits per heavy atom. The van der Waals surface area contributed by atoms with E-state index in [1.165, 1.54) is 13.2 Å². The number of ketones is 1. The van der Waals surface area contributed by atoms with Gasteiger partial charge < -0.3 is 14.7 Å². The molecule has 0 radical (unpaired) electrons. The van der Waals surface area contributed by atoms with Crippen LogP contribution >= 0.6 is 0 Å². The number of aromatic hydroxyl groups is 1. The molecule has 5 heteroatoms. The fourth-order valence-corrected chi connectivity index (χ4v) is 2.46. The number of methoxy groups -OCH3 is 1. The first-order chi connectivity index (χ1) is 9.56. The van der Waals surface area contributed by atoms with Crippen LogP contribution in [-0.2, 0) is 4.79 Å². The minimum atomic E-state index is -0.158. The average Bonchev–Trinajstić information content (AvgIpc) is 2.47. The van der Waals surface area contributed by atoms with E-state index < -0.39 is 0 Å². The standard InChI is InChI=1S/C15H19NO4/c1-3-10-9-16(7-6-12(10)17)15(19)11-4-5-14(20-2)13(18)8-11/h4-5,8,10,18H,3,6-7,9H2,1-2H3. The molecule has 1 heterocycles. The summed E-state index contributed by atoms with van der Waals surface area (Å²) in [6.07, 6.45) is 1.16. The number of benzene rings is 1. The normalized spacial score (nSPS) is 19.0. The van der Waals surface area contributed by atoms with Gasteiger partial charge in [0.05, 0.1) is 7.11 Å². The van der Waals surface area contributed by atoms with Crippen molar-refractivity contribution in [3.63, 3.8) is 0 Å². The smallest absolute Gasteiger partial charge is 0.254 e. The Morgan fingerprint density at radius 1 is 1.50 bits per heavy atom. The molecule has 1 saturated heterocycles. The van der Waals surface area contributed by atoms with Crippen molar-refractivity contribution in [1.82, 2.24) is 4.90 Å². The predicted molar refractivity (Wildman–Crippen MR) is 74.0 cm³/mol. The number of ether oxygens (including phenoxy) is 1. The Balaban J connectivity index is 2.15. The van der Waals surface area contributed by atoms with E-state index in [2.05, 4.69) is 0 Å². The van der Waals surface area contributed by atoms with Gasteiger partial charge in [-0.15, -0.1) is 0 Å². The van der Waals surface area contributed by atoms with Crippen LogP contribution in [0.4, 0.5) is 0 Å². The van der Waals surface area contributed by atoms with Crippen LogP contribution in [-0.4, -0.2) is 41.9 Å². The summed E-state index contributed by atoms with van der Waals surface area (Å²) >= 11 is 0. The van der Waals surface area contributed by atoms with Crippen LogP contribution in [0.3, 0.4) is 0 Å². The van der Waals surface area contributed by atoms with Gasteiger partial charge in [-0.3, -0.25) is 9.59 Å².